The molecule has 0 heterocycles. The highest BCUT2D eigenvalue weighted by Crippen LogP contribution is 2.13. The lowest BCUT2D eigenvalue weighted by Crippen LogP contribution is -2.18. The molecule has 1 aromatic carbocycles. The van der Waals surface area contributed by atoms with Gasteiger partial charge in [-0.25, -0.2) is 16.8 Å². The maximum absolute atomic E-state index is 11.5. The molecule has 0 amide bonds. The minimum Gasteiger partial charge on any atom is -0.384 e. The van der Waals surface area contributed by atoms with Crippen LogP contribution in [0.1, 0.15) is 13.3 Å². The number of benzene rings is 1. The van der Waals surface area contributed by atoms with E-state index in [0.717, 1.165) is 6.26 Å². The average Bonchev–Trinajstić information content (AvgIpc) is 2.28. The van der Waals surface area contributed by atoms with Gasteiger partial charge in [0.1, 0.15) is 0 Å². The molecule has 0 bridgehead atoms. The predicted octanol–water partition coefficient (Wildman–Crippen LogP) is 1.33. The van der Waals surface area contributed by atoms with Crippen molar-refractivity contribution in [2.45, 2.75) is 18.2 Å². The molecular weight excluding hydrogens is 286 g/mol. The van der Waals surface area contributed by atoms with E-state index in [2.05, 4.69) is 5.32 Å². The molecule has 19 heavy (non-hydrogen) atoms. The lowest BCUT2D eigenvalue weighted by molar-refractivity contribution is 0.594. The summed E-state index contributed by atoms with van der Waals surface area (Å²) in [5, 5.41) is 2.96. The van der Waals surface area contributed by atoms with Crippen LogP contribution in [-0.2, 0) is 19.7 Å². The second-order valence-corrected chi connectivity index (χ2v) is 8.69. The Labute approximate surface area is 114 Å². The Morgan fingerprint density at radius 1 is 1.00 bits per heavy atom. The second kappa shape index (κ2) is 6.38. The van der Waals surface area contributed by atoms with Gasteiger partial charge in [-0.15, -0.1) is 0 Å². The van der Waals surface area contributed by atoms with E-state index in [1.54, 1.807) is 12.1 Å². The maximum Gasteiger partial charge on any atom is 0.175 e. The van der Waals surface area contributed by atoms with Crippen molar-refractivity contribution < 1.29 is 16.8 Å². The van der Waals surface area contributed by atoms with Gasteiger partial charge in [0.05, 0.1) is 10.6 Å². The summed E-state index contributed by atoms with van der Waals surface area (Å²) in [6.07, 6.45) is 1.76. The van der Waals surface area contributed by atoms with Crippen molar-refractivity contribution in [1.29, 1.82) is 0 Å². The highest BCUT2D eigenvalue weighted by atomic mass is 32.2. The summed E-state index contributed by atoms with van der Waals surface area (Å²) < 4.78 is 45.5. The smallest absolute Gasteiger partial charge is 0.175 e. The molecule has 0 aliphatic rings. The van der Waals surface area contributed by atoms with Crippen LogP contribution in [0.3, 0.4) is 0 Å². The van der Waals surface area contributed by atoms with Gasteiger partial charge in [0.2, 0.25) is 0 Å². The highest BCUT2D eigenvalue weighted by Gasteiger charge is 2.09. The third-order valence-electron chi connectivity index (χ3n) is 2.54. The topological polar surface area (TPSA) is 80.3 Å². The zero-order valence-electron chi connectivity index (χ0n) is 11.1. The van der Waals surface area contributed by atoms with Gasteiger partial charge in [0.15, 0.2) is 19.7 Å². The standard InChI is InChI=1S/C12H19NO4S2/c1-3-9-19(16,17)10-8-13-11-4-6-12(7-5-11)18(2,14)15/h4-7,13H,3,8-10H2,1-2H3. The first-order valence-corrected chi connectivity index (χ1v) is 9.70. The van der Waals surface area contributed by atoms with Crippen LogP contribution < -0.4 is 5.32 Å². The molecule has 1 aromatic rings. The molecule has 0 atom stereocenters. The Morgan fingerprint density at radius 3 is 2.05 bits per heavy atom. The monoisotopic (exact) mass is 305 g/mol. The van der Waals surface area contributed by atoms with Crippen LogP contribution >= 0.6 is 0 Å². The minimum atomic E-state index is -3.19. The molecule has 0 spiro atoms. The van der Waals surface area contributed by atoms with Crippen LogP contribution in [0.15, 0.2) is 29.2 Å². The highest BCUT2D eigenvalue weighted by molar-refractivity contribution is 7.91. The molecular formula is C12H19NO4S2. The van der Waals surface area contributed by atoms with Crippen molar-refractivity contribution in [2.75, 3.05) is 29.6 Å². The molecule has 0 saturated carbocycles. The van der Waals surface area contributed by atoms with Crippen LogP contribution in [0.4, 0.5) is 5.69 Å². The second-order valence-electron chi connectivity index (χ2n) is 4.38. The molecule has 0 radical (unpaired) electrons. The zero-order chi connectivity index (χ0) is 14.5. The SMILES string of the molecule is CCCS(=O)(=O)CCNc1ccc(S(C)(=O)=O)cc1. The van der Waals surface area contributed by atoms with Crippen molar-refractivity contribution in [3.63, 3.8) is 0 Å². The van der Waals surface area contributed by atoms with Gasteiger partial charge in [-0.3, -0.25) is 0 Å². The van der Waals surface area contributed by atoms with Crippen LogP contribution in [0.5, 0.6) is 0 Å². The summed E-state index contributed by atoms with van der Waals surface area (Å²) in [6.45, 7) is 2.15. The van der Waals surface area contributed by atoms with Crippen molar-refractivity contribution in [3.05, 3.63) is 24.3 Å². The Kier molecular flexibility index (Phi) is 5.37. The fraction of sp³-hybridized carbons (Fsp3) is 0.500. The molecule has 0 saturated heterocycles. The summed E-state index contributed by atoms with van der Waals surface area (Å²) in [5.74, 6) is 0.274. The van der Waals surface area contributed by atoms with E-state index < -0.39 is 19.7 Å². The Hall–Kier alpha value is -1.08. The third-order valence-corrected chi connectivity index (χ3v) is 5.52. The number of hydrogen-bond donors (Lipinski definition) is 1. The maximum atomic E-state index is 11.5. The number of rotatable bonds is 7. The van der Waals surface area contributed by atoms with Gasteiger partial charge >= 0.3 is 0 Å². The number of anilines is 1. The molecule has 0 aromatic heterocycles. The lowest BCUT2D eigenvalue weighted by Gasteiger charge is -2.07. The van der Waals surface area contributed by atoms with E-state index >= 15 is 0 Å². The zero-order valence-corrected chi connectivity index (χ0v) is 12.7. The largest absolute Gasteiger partial charge is 0.384 e. The van der Waals surface area contributed by atoms with E-state index in [1.165, 1.54) is 12.1 Å². The Bertz CT molecular complexity index is 604. The minimum absolute atomic E-state index is 0.0780. The first kappa shape index (κ1) is 16.0. The van der Waals surface area contributed by atoms with Crippen molar-refractivity contribution in [3.8, 4) is 0 Å². The van der Waals surface area contributed by atoms with Gasteiger partial charge in [0.25, 0.3) is 0 Å². The molecule has 1 rings (SSSR count). The van der Waals surface area contributed by atoms with Crippen molar-refractivity contribution in [2.24, 2.45) is 0 Å². The summed E-state index contributed by atoms with van der Waals surface area (Å²) in [6, 6.07) is 6.25. The van der Waals surface area contributed by atoms with E-state index in [9.17, 15) is 16.8 Å². The Balaban J connectivity index is 2.56. The van der Waals surface area contributed by atoms with Gasteiger partial charge in [-0.2, -0.15) is 0 Å². The molecule has 0 aliphatic heterocycles. The predicted molar refractivity (Wildman–Crippen MR) is 77.0 cm³/mol. The van der Waals surface area contributed by atoms with E-state index in [0.29, 0.717) is 18.7 Å². The van der Waals surface area contributed by atoms with Gasteiger partial charge < -0.3 is 5.32 Å². The fourth-order valence-electron chi connectivity index (χ4n) is 1.58. The molecule has 0 aliphatic carbocycles. The first-order valence-electron chi connectivity index (χ1n) is 5.99. The van der Waals surface area contributed by atoms with Gasteiger partial charge in [-0.05, 0) is 30.7 Å². The third kappa shape index (κ3) is 5.61. The van der Waals surface area contributed by atoms with Gasteiger partial charge in [-0.1, -0.05) is 6.92 Å². The van der Waals surface area contributed by atoms with E-state index in [4.69, 9.17) is 0 Å². The molecule has 108 valence electrons. The summed E-state index contributed by atoms with van der Waals surface area (Å²) >= 11 is 0. The fourth-order valence-corrected chi connectivity index (χ4v) is 3.45. The Morgan fingerprint density at radius 2 is 1.58 bits per heavy atom. The van der Waals surface area contributed by atoms with E-state index in [1.807, 2.05) is 6.92 Å². The summed E-state index contributed by atoms with van der Waals surface area (Å²) in [5.41, 5.74) is 0.707. The van der Waals surface area contributed by atoms with Crippen LogP contribution in [0, 0.1) is 0 Å². The molecule has 5 nitrogen and oxygen atoms in total. The molecule has 7 heteroatoms. The van der Waals surface area contributed by atoms with Crippen molar-refractivity contribution in [1.82, 2.24) is 0 Å². The van der Waals surface area contributed by atoms with Crippen molar-refractivity contribution >= 4 is 25.4 Å². The van der Waals surface area contributed by atoms with Crippen LogP contribution in [-0.4, -0.2) is 41.1 Å². The molecule has 0 fully saturated rings. The number of sulfone groups is 2. The summed E-state index contributed by atoms with van der Waals surface area (Å²) in [4.78, 5) is 0.247. The van der Waals surface area contributed by atoms with E-state index in [-0.39, 0.29) is 16.4 Å². The first-order chi connectivity index (χ1) is 8.74. The average molecular weight is 305 g/mol. The molecule has 0 unspecified atom stereocenters. The quantitative estimate of drug-likeness (QED) is 0.822. The van der Waals surface area contributed by atoms with Crippen LogP contribution in [0.25, 0.3) is 0 Å². The number of nitrogens with one attached hydrogen (secondary N) is 1. The summed E-state index contributed by atoms with van der Waals surface area (Å²) in [7, 11) is -6.19. The lowest BCUT2D eigenvalue weighted by atomic mass is 10.3. The number of hydrogen-bond acceptors (Lipinski definition) is 5. The van der Waals surface area contributed by atoms with Gasteiger partial charge in [0, 0.05) is 24.2 Å². The van der Waals surface area contributed by atoms with Crippen LogP contribution in [0.2, 0.25) is 0 Å². The normalized spacial score (nSPS) is 12.3. The molecule has 1 N–H and O–H groups in total.